The van der Waals surface area contributed by atoms with E-state index in [1.54, 1.807) is 0 Å². The Kier molecular flexibility index (Phi) is 4.78. The molecule has 4 heteroatoms. The van der Waals surface area contributed by atoms with Gasteiger partial charge in [-0.2, -0.15) is 8.78 Å². The number of hydrogen-bond acceptors (Lipinski definition) is 2. The second kappa shape index (κ2) is 5.06. The molecule has 0 aromatic heterocycles. The van der Waals surface area contributed by atoms with Crippen molar-refractivity contribution in [2.75, 3.05) is 7.11 Å². The fourth-order valence-corrected chi connectivity index (χ4v) is 0.848. The van der Waals surface area contributed by atoms with Crippen molar-refractivity contribution >= 4 is 5.97 Å². The second-order valence-corrected chi connectivity index (χ2v) is 2.65. The lowest BCUT2D eigenvalue weighted by Gasteiger charge is -2.12. The monoisotopic (exact) mass is 180 g/mol. The van der Waals surface area contributed by atoms with Gasteiger partial charge in [0.15, 0.2) is 0 Å². The van der Waals surface area contributed by atoms with Crippen molar-refractivity contribution in [1.29, 1.82) is 0 Å². The van der Waals surface area contributed by atoms with E-state index in [9.17, 15) is 13.6 Å². The van der Waals surface area contributed by atoms with Crippen molar-refractivity contribution in [2.24, 2.45) is 0 Å². The second-order valence-electron chi connectivity index (χ2n) is 2.65. The van der Waals surface area contributed by atoms with E-state index in [-0.39, 0.29) is 0 Å². The summed E-state index contributed by atoms with van der Waals surface area (Å²) in [4.78, 5) is 10.5. The summed E-state index contributed by atoms with van der Waals surface area (Å²) >= 11 is 0. The fourth-order valence-electron chi connectivity index (χ4n) is 0.848. The number of unbranched alkanes of at least 4 members (excludes halogenated alkanes) is 2. The predicted octanol–water partition coefficient (Wildman–Crippen LogP) is 2.38. The topological polar surface area (TPSA) is 26.3 Å². The van der Waals surface area contributed by atoms with E-state index in [0.717, 1.165) is 13.5 Å². The Labute approximate surface area is 70.9 Å². The third kappa shape index (κ3) is 3.64. The highest BCUT2D eigenvalue weighted by Crippen LogP contribution is 2.22. The Morgan fingerprint density at radius 3 is 2.42 bits per heavy atom. The molecule has 0 amide bonds. The van der Waals surface area contributed by atoms with Crippen LogP contribution in [0.25, 0.3) is 0 Å². The minimum Gasteiger partial charge on any atom is -0.465 e. The van der Waals surface area contributed by atoms with E-state index in [4.69, 9.17) is 0 Å². The van der Waals surface area contributed by atoms with Gasteiger partial charge < -0.3 is 4.74 Å². The summed E-state index contributed by atoms with van der Waals surface area (Å²) in [5, 5.41) is 0. The molecular formula is C8H14F2O2. The number of carbonyl (C=O) groups excluding carboxylic acids is 1. The lowest BCUT2D eigenvalue weighted by molar-refractivity contribution is -0.169. The van der Waals surface area contributed by atoms with Crippen LogP contribution in [0.5, 0.6) is 0 Å². The molecule has 0 spiro atoms. The summed E-state index contributed by atoms with van der Waals surface area (Å²) in [5.41, 5.74) is 0. The van der Waals surface area contributed by atoms with E-state index in [1.807, 2.05) is 6.92 Å². The van der Waals surface area contributed by atoms with Gasteiger partial charge in [-0.25, -0.2) is 4.79 Å². The highest BCUT2D eigenvalue weighted by molar-refractivity contribution is 5.77. The van der Waals surface area contributed by atoms with Gasteiger partial charge in [0.2, 0.25) is 0 Å². The number of hydrogen-bond donors (Lipinski definition) is 0. The summed E-state index contributed by atoms with van der Waals surface area (Å²) in [6.45, 7) is 1.91. The zero-order valence-electron chi connectivity index (χ0n) is 7.40. The number of carbonyl (C=O) groups is 1. The van der Waals surface area contributed by atoms with Gasteiger partial charge in [-0.3, -0.25) is 0 Å². The SMILES string of the molecule is CCCCCC(F)(F)C(=O)OC. The van der Waals surface area contributed by atoms with Crippen LogP contribution in [0.4, 0.5) is 8.78 Å². The smallest absolute Gasteiger partial charge is 0.376 e. The van der Waals surface area contributed by atoms with Gasteiger partial charge in [0.1, 0.15) is 0 Å². The molecule has 0 aromatic rings. The van der Waals surface area contributed by atoms with E-state index in [1.165, 1.54) is 0 Å². The molecule has 0 saturated heterocycles. The molecule has 12 heavy (non-hydrogen) atoms. The molecule has 0 radical (unpaired) electrons. The maximum Gasteiger partial charge on any atom is 0.376 e. The molecule has 0 aromatic carbocycles. The van der Waals surface area contributed by atoms with Crippen LogP contribution in [-0.2, 0) is 9.53 Å². The predicted molar refractivity (Wildman–Crippen MR) is 41.1 cm³/mol. The molecule has 0 heterocycles. The Morgan fingerprint density at radius 1 is 1.42 bits per heavy atom. The average molecular weight is 180 g/mol. The van der Waals surface area contributed by atoms with Gasteiger partial charge >= 0.3 is 11.9 Å². The number of halogens is 2. The van der Waals surface area contributed by atoms with Crippen LogP contribution in [0.2, 0.25) is 0 Å². The van der Waals surface area contributed by atoms with Crippen LogP contribution >= 0.6 is 0 Å². The summed E-state index contributed by atoms with van der Waals surface area (Å²) in [6, 6.07) is 0. The highest BCUT2D eigenvalue weighted by Gasteiger charge is 2.38. The molecule has 72 valence electrons. The summed E-state index contributed by atoms with van der Waals surface area (Å²) in [6.07, 6.45) is 1.52. The summed E-state index contributed by atoms with van der Waals surface area (Å²) < 4.78 is 29.3. The first-order valence-corrected chi connectivity index (χ1v) is 4.01. The first kappa shape index (κ1) is 11.3. The number of ether oxygens (including phenoxy) is 1. The van der Waals surface area contributed by atoms with E-state index < -0.39 is 18.3 Å². The van der Waals surface area contributed by atoms with Crippen molar-refractivity contribution < 1.29 is 18.3 Å². The van der Waals surface area contributed by atoms with E-state index >= 15 is 0 Å². The van der Waals surface area contributed by atoms with Gasteiger partial charge in [-0.05, 0) is 6.42 Å². The van der Waals surface area contributed by atoms with Crippen molar-refractivity contribution in [1.82, 2.24) is 0 Å². The third-order valence-corrected chi connectivity index (χ3v) is 1.58. The molecule has 0 atom stereocenters. The van der Waals surface area contributed by atoms with E-state index in [2.05, 4.69) is 4.74 Å². The van der Waals surface area contributed by atoms with Crippen LogP contribution in [0.15, 0.2) is 0 Å². The van der Waals surface area contributed by atoms with Gasteiger partial charge in [0.25, 0.3) is 0 Å². The van der Waals surface area contributed by atoms with Crippen molar-refractivity contribution in [3.05, 3.63) is 0 Å². The Bertz CT molecular complexity index is 146. The zero-order valence-corrected chi connectivity index (χ0v) is 7.40. The molecule has 0 aliphatic rings. The molecule has 0 aliphatic carbocycles. The zero-order chi connectivity index (χ0) is 9.61. The first-order chi connectivity index (χ1) is 5.54. The summed E-state index contributed by atoms with van der Waals surface area (Å²) in [5.74, 6) is -4.73. The van der Waals surface area contributed by atoms with Gasteiger partial charge in [0.05, 0.1) is 7.11 Å². The van der Waals surface area contributed by atoms with Crippen molar-refractivity contribution in [3.63, 3.8) is 0 Å². The Balaban J connectivity index is 3.78. The molecule has 0 unspecified atom stereocenters. The number of methoxy groups -OCH3 is 1. The molecule has 0 fully saturated rings. The first-order valence-electron chi connectivity index (χ1n) is 4.01. The maximum atomic E-state index is 12.7. The lowest BCUT2D eigenvalue weighted by atomic mass is 10.1. The number of rotatable bonds is 5. The molecular weight excluding hydrogens is 166 g/mol. The minimum atomic E-state index is -3.30. The van der Waals surface area contributed by atoms with Crippen molar-refractivity contribution in [3.8, 4) is 0 Å². The molecule has 0 aliphatic heterocycles. The normalized spacial score (nSPS) is 11.3. The average Bonchev–Trinajstić information content (AvgIpc) is 2.03. The van der Waals surface area contributed by atoms with Gasteiger partial charge in [-0.1, -0.05) is 19.8 Å². The molecule has 0 rings (SSSR count). The number of esters is 1. The maximum absolute atomic E-state index is 12.7. The van der Waals surface area contributed by atoms with Crippen LogP contribution in [-0.4, -0.2) is 19.0 Å². The quantitative estimate of drug-likeness (QED) is 0.479. The lowest BCUT2D eigenvalue weighted by Crippen LogP contribution is -2.29. The van der Waals surface area contributed by atoms with Crippen LogP contribution in [0.1, 0.15) is 32.6 Å². The van der Waals surface area contributed by atoms with Crippen LogP contribution < -0.4 is 0 Å². The van der Waals surface area contributed by atoms with Crippen LogP contribution in [0, 0.1) is 0 Å². The van der Waals surface area contributed by atoms with Crippen LogP contribution in [0.3, 0.4) is 0 Å². The molecule has 2 nitrogen and oxygen atoms in total. The molecule has 0 saturated carbocycles. The minimum absolute atomic E-state index is 0.360. The Morgan fingerprint density at radius 2 is 2.00 bits per heavy atom. The third-order valence-electron chi connectivity index (χ3n) is 1.58. The standard InChI is InChI=1S/C8H14F2O2/c1-3-4-5-6-8(9,10)7(11)12-2/h3-6H2,1-2H3. The Hall–Kier alpha value is -0.670. The van der Waals surface area contributed by atoms with E-state index in [0.29, 0.717) is 12.8 Å². The number of alkyl halides is 2. The van der Waals surface area contributed by atoms with Gasteiger partial charge in [0, 0.05) is 6.42 Å². The fraction of sp³-hybridized carbons (Fsp3) is 0.875. The molecule has 0 bridgehead atoms. The highest BCUT2D eigenvalue weighted by atomic mass is 19.3. The largest absolute Gasteiger partial charge is 0.465 e. The van der Waals surface area contributed by atoms with Crippen molar-refractivity contribution in [2.45, 2.75) is 38.5 Å². The van der Waals surface area contributed by atoms with Gasteiger partial charge in [-0.15, -0.1) is 0 Å². The summed E-state index contributed by atoms with van der Waals surface area (Å²) in [7, 11) is 0.968. The molecule has 0 N–H and O–H groups in total.